The molecule has 1 N–H and O–H groups in total. The summed E-state index contributed by atoms with van der Waals surface area (Å²) >= 11 is 0. The van der Waals surface area contributed by atoms with Gasteiger partial charge in [0.25, 0.3) is 0 Å². The van der Waals surface area contributed by atoms with Crippen molar-refractivity contribution in [2.45, 2.75) is 65.4 Å². The molecule has 1 spiro atoms. The quantitative estimate of drug-likeness (QED) is 0.664. The first kappa shape index (κ1) is 11.1. The highest BCUT2D eigenvalue weighted by atomic mass is 16.3. The third-order valence-corrected chi connectivity index (χ3v) is 6.79. The minimum absolute atomic E-state index is 0.352. The average Bonchev–Trinajstić information content (AvgIpc) is 2.58. The Morgan fingerprint density at radius 2 is 1.69 bits per heavy atom. The zero-order chi connectivity index (χ0) is 11.8. The lowest BCUT2D eigenvalue weighted by Crippen LogP contribution is -2.44. The molecule has 0 heterocycles. The van der Waals surface area contributed by atoms with Gasteiger partial charge in [0.1, 0.15) is 0 Å². The Bertz CT molecular complexity index is 313. The second kappa shape index (κ2) is 2.85. The van der Waals surface area contributed by atoms with Gasteiger partial charge in [-0.05, 0) is 67.6 Å². The highest BCUT2D eigenvalue weighted by molar-refractivity contribution is 5.16. The van der Waals surface area contributed by atoms with E-state index in [1.807, 2.05) is 0 Å². The molecule has 3 saturated carbocycles. The molecule has 5 atom stereocenters. The maximum absolute atomic E-state index is 10.6. The summed E-state index contributed by atoms with van der Waals surface area (Å²) in [7, 11) is 0. The van der Waals surface area contributed by atoms with Crippen molar-refractivity contribution in [3.05, 3.63) is 0 Å². The molecule has 0 amide bonds. The smallest absolute Gasteiger partial charge is 0.0653 e. The molecule has 3 aliphatic carbocycles. The van der Waals surface area contributed by atoms with Crippen LogP contribution in [0.3, 0.4) is 0 Å². The Labute approximate surface area is 99.6 Å². The summed E-state index contributed by atoms with van der Waals surface area (Å²) in [5.74, 6) is 2.29. The van der Waals surface area contributed by atoms with Crippen molar-refractivity contribution in [2.24, 2.45) is 28.6 Å². The van der Waals surface area contributed by atoms with E-state index in [2.05, 4.69) is 27.7 Å². The van der Waals surface area contributed by atoms with Crippen LogP contribution in [0.25, 0.3) is 0 Å². The van der Waals surface area contributed by atoms with Gasteiger partial charge >= 0.3 is 0 Å². The highest BCUT2D eigenvalue weighted by Gasteiger charge is 2.67. The summed E-state index contributed by atoms with van der Waals surface area (Å²) in [4.78, 5) is 0. The number of fused-ring (bicyclic) bond motifs is 1. The predicted molar refractivity (Wildman–Crippen MR) is 66.1 cm³/mol. The van der Waals surface area contributed by atoms with E-state index in [0.717, 1.165) is 18.3 Å². The molecular weight excluding hydrogens is 196 g/mol. The van der Waals surface area contributed by atoms with Crippen LogP contribution in [0.15, 0.2) is 0 Å². The minimum atomic E-state index is -0.404. The molecule has 16 heavy (non-hydrogen) atoms. The fourth-order valence-electron chi connectivity index (χ4n) is 5.88. The molecular formula is C15H26O. The standard InChI is InChI=1S/C15H26O/c1-10-5-6-11-13(2,3)12-9-15(10,11)8-7-14(12,4)16/h10-12,16H,5-9H2,1-4H3/t10-,11?,12+,14-,15-/m1/s1. The average molecular weight is 222 g/mol. The first-order valence-corrected chi connectivity index (χ1v) is 7.03. The van der Waals surface area contributed by atoms with Crippen molar-refractivity contribution in [3.8, 4) is 0 Å². The third kappa shape index (κ3) is 1.06. The second-order valence-electron chi connectivity index (χ2n) is 7.70. The molecule has 0 aromatic rings. The molecule has 0 aliphatic heterocycles. The largest absolute Gasteiger partial charge is 0.390 e. The van der Waals surface area contributed by atoms with Crippen LogP contribution < -0.4 is 0 Å². The van der Waals surface area contributed by atoms with Gasteiger partial charge in [-0.1, -0.05) is 20.8 Å². The zero-order valence-corrected chi connectivity index (χ0v) is 11.2. The molecule has 0 radical (unpaired) electrons. The molecule has 2 bridgehead atoms. The lowest BCUT2D eigenvalue weighted by molar-refractivity contribution is -0.0717. The molecule has 1 unspecified atom stereocenters. The Kier molecular flexibility index (Phi) is 1.98. The van der Waals surface area contributed by atoms with Gasteiger partial charge in [-0.3, -0.25) is 0 Å². The van der Waals surface area contributed by atoms with Gasteiger partial charge in [-0.2, -0.15) is 0 Å². The van der Waals surface area contributed by atoms with Gasteiger partial charge in [0.2, 0.25) is 0 Å². The van der Waals surface area contributed by atoms with E-state index < -0.39 is 5.60 Å². The van der Waals surface area contributed by atoms with E-state index in [4.69, 9.17) is 0 Å². The molecule has 3 rings (SSSR count). The monoisotopic (exact) mass is 222 g/mol. The summed E-state index contributed by atoms with van der Waals surface area (Å²) in [6.45, 7) is 9.38. The van der Waals surface area contributed by atoms with Crippen molar-refractivity contribution < 1.29 is 5.11 Å². The minimum Gasteiger partial charge on any atom is -0.390 e. The number of hydrogen-bond acceptors (Lipinski definition) is 1. The van der Waals surface area contributed by atoms with Crippen molar-refractivity contribution in [2.75, 3.05) is 0 Å². The van der Waals surface area contributed by atoms with Crippen LogP contribution in [0.5, 0.6) is 0 Å². The predicted octanol–water partition coefficient (Wildman–Crippen LogP) is 3.61. The summed E-state index contributed by atoms with van der Waals surface area (Å²) in [6, 6.07) is 0. The van der Waals surface area contributed by atoms with E-state index in [-0.39, 0.29) is 0 Å². The van der Waals surface area contributed by atoms with E-state index in [1.54, 1.807) is 0 Å². The molecule has 0 aromatic heterocycles. The maximum atomic E-state index is 10.6. The van der Waals surface area contributed by atoms with Gasteiger partial charge in [0, 0.05) is 0 Å². The Hall–Kier alpha value is -0.0400. The van der Waals surface area contributed by atoms with E-state index in [0.29, 0.717) is 16.7 Å². The fourth-order valence-corrected chi connectivity index (χ4v) is 5.88. The number of aliphatic hydroxyl groups is 1. The maximum Gasteiger partial charge on any atom is 0.0653 e. The molecule has 0 aromatic carbocycles. The Balaban J connectivity index is 2.07. The number of rotatable bonds is 0. The third-order valence-electron chi connectivity index (χ3n) is 6.79. The van der Waals surface area contributed by atoms with Gasteiger partial charge in [-0.15, -0.1) is 0 Å². The summed E-state index contributed by atoms with van der Waals surface area (Å²) in [5.41, 5.74) is 0.542. The van der Waals surface area contributed by atoms with Crippen LogP contribution in [0.4, 0.5) is 0 Å². The van der Waals surface area contributed by atoms with Crippen molar-refractivity contribution >= 4 is 0 Å². The van der Waals surface area contributed by atoms with E-state index in [1.165, 1.54) is 25.7 Å². The van der Waals surface area contributed by atoms with Gasteiger partial charge in [0.05, 0.1) is 5.60 Å². The summed E-state index contributed by atoms with van der Waals surface area (Å²) in [5, 5.41) is 10.6. The van der Waals surface area contributed by atoms with Crippen LogP contribution in [-0.4, -0.2) is 10.7 Å². The van der Waals surface area contributed by atoms with Crippen LogP contribution in [0.2, 0.25) is 0 Å². The van der Waals surface area contributed by atoms with Gasteiger partial charge < -0.3 is 5.11 Å². The topological polar surface area (TPSA) is 20.2 Å². The molecule has 3 fully saturated rings. The first-order chi connectivity index (χ1) is 7.31. The van der Waals surface area contributed by atoms with Crippen LogP contribution >= 0.6 is 0 Å². The van der Waals surface area contributed by atoms with Crippen LogP contribution in [0, 0.1) is 28.6 Å². The second-order valence-corrected chi connectivity index (χ2v) is 7.70. The van der Waals surface area contributed by atoms with Crippen LogP contribution in [0.1, 0.15) is 59.8 Å². The molecule has 3 aliphatic rings. The van der Waals surface area contributed by atoms with Gasteiger partial charge in [0.15, 0.2) is 0 Å². The lowest BCUT2D eigenvalue weighted by atomic mass is 9.64. The first-order valence-electron chi connectivity index (χ1n) is 7.03. The molecule has 1 nitrogen and oxygen atoms in total. The van der Waals surface area contributed by atoms with Crippen molar-refractivity contribution in [1.29, 1.82) is 0 Å². The van der Waals surface area contributed by atoms with E-state index in [9.17, 15) is 5.11 Å². The SMILES string of the molecule is C[C@@H]1CCC2C(C)(C)[C@@H]3C[C@@]21CC[C@@]3(C)O. The van der Waals surface area contributed by atoms with Crippen molar-refractivity contribution in [3.63, 3.8) is 0 Å². The molecule has 92 valence electrons. The Morgan fingerprint density at radius 1 is 1.00 bits per heavy atom. The van der Waals surface area contributed by atoms with E-state index >= 15 is 0 Å². The molecule has 1 heteroatoms. The molecule has 0 saturated heterocycles. The van der Waals surface area contributed by atoms with Gasteiger partial charge in [-0.25, -0.2) is 0 Å². The lowest BCUT2D eigenvalue weighted by Gasteiger charge is -2.44. The van der Waals surface area contributed by atoms with Crippen LogP contribution in [-0.2, 0) is 0 Å². The number of hydrogen-bond donors (Lipinski definition) is 1. The Morgan fingerprint density at radius 3 is 2.38 bits per heavy atom. The highest BCUT2D eigenvalue weighted by Crippen LogP contribution is 2.73. The summed E-state index contributed by atoms with van der Waals surface area (Å²) in [6.07, 6.45) is 6.41. The fraction of sp³-hybridized carbons (Fsp3) is 1.00. The normalized spacial score (nSPS) is 58.7. The summed E-state index contributed by atoms with van der Waals surface area (Å²) < 4.78 is 0. The van der Waals surface area contributed by atoms with Crippen molar-refractivity contribution in [1.82, 2.24) is 0 Å². The zero-order valence-electron chi connectivity index (χ0n) is 11.2.